The molecule has 3 heterocycles. The molecule has 1 atom stereocenters. The quantitative estimate of drug-likeness (QED) is 0.692. The highest BCUT2D eigenvalue weighted by atomic mass is 16.5. The molecule has 3 aromatic rings. The fourth-order valence-corrected chi connectivity index (χ4v) is 3.32. The fraction of sp³-hybridized carbons (Fsp3) is 0.333. The summed E-state index contributed by atoms with van der Waals surface area (Å²) in [5.74, 6) is 2.71. The first-order valence-corrected chi connectivity index (χ1v) is 9.53. The summed E-state index contributed by atoms with van der Waals surface area (Å²) in [6.07, 6.45) is 3.13. The average Bonchev–Trinajstić information content (AvgIpc) is 3.10. The van der Waals surface area contributed by atoms with Gasteiger partial charge in [-0.2, -0.15) is 5.10 Å². The number of hydrogen-bond donors (Lipinski definition) is 1. The Morgan fingerprint density at radius 3 is 2.93 bits per heavy atom. The summed E-state index contributed by atoms with van der Waals surface area (Å²) in [7, 11) is 1.62. The van der Waals surface area contributed by atoms with Crippen LogP contribution in [0.25, 0.3) is 0 Å². The highest BCUT2D eigenvalue weighted by Gasteiger charge is 2.23. The zero-order valence-corrected chi connectivity index (χ0v) is 16.5. The normalized spacial score (nSPS) is 15.6. The number of rotatable bonds is 6. The fourth-order valence-electron chi connectivity index (χ4n) is 3.32. The third kappa shape index (κ3) is 4.60. The van der Waals surface area contributed by atoms with Gasteiger partial charge in [-0.15, -0.1) is 0 Å². The Morgan fingerprint density at radius 1 is 1.28 bits per heavy atom. The number of carbonyl (C=O) groups is 1. The molecule has 1 aliphatic rings. The molecule has 8 nitrogen and oxygen atoms in total. The second kappa shape index (κ2) is 8.40. The zero-order valence-electron chi connectivity index (χ0n) is 16.5. The van der Waals surface area contributed by atoms with Crippen LogP contribution >= 0.6 is 0 Å². The number of nitrogens with one attached hydrogen (secondary N) is 1. The van der Waals surface area contributed by atoms with E-state index in [4.69, 9.17) is 9.47 Å². The molecule has 0 fully saturated rings. The molecule has 29 heavy (non-hydrogen) atoms. The number of pyridine rings is 1. The van der Waals surface area contributed by atoms with Crippen LogP contribution in [0.2, 0.25) is 0 Å². The predicted molar refractivity (Wildman–Crippen MR) is 106 cm³/mol. The second-order valence-corrected chi connectivity index (χ2v) is 7.07. The van der Waals surface area contributed by atoms with Gasteiger partial charge in [0.1, 0.15) is 29.6 Å². The van der Waals surface area contributed by atoms with Crippen molar-refractivity contribution < 1.29 is 14.3 Å². The van der Waals surface area contributed by atoms with Crippen molar-refractivity contribution in [1.82, 2.24) is 25.1 Å². The Kier molecular flexibility index (Phi) is 5.53. The molecule has 2 aromatic heterocycles. The molecule has 0 radical (unpaired) electrons. The van der Waals surface area contributed by atoms with Gasteiger partial charge in [-0.1, -0.05) is 12.1 Å². The van der Waals surface area contributed by atoms with E-state index in [1.54, 1.807) is 25.4 Å². The summed E-state index contributed by atoms with van der Waals surface area (Å²) in [6.45, 7) is 2.98. The smallest absolute Gasteiger partial charge is 0.270 e. The van der Waals surface area contributed by atoms with E-state index in [-0.39, 0.29) is 11.9 Å². The minimum Gasteiger partial charge on any atom is -0.456 e. The highest BCUT2D eigenvalue weighted by Crippen LogP contribution is 2.21. The largest absolute Gasteiger partial charge is 0.456 e. The number of fused-ring (bicyclic) bond motifs is 1. The molecule has 0 spiro atoms. The molecule has 1 aromatic carbocycles. The van der Waals surface area contributed by atoms with Gasteiger partial charge in [-0.05, 0) is 43.2 Å². The number of ether oxygens (including phenoxy) is 2. The van der Waals surface area contributed by atoms with Crippen LogP contribution in [0.1, 0.15) is 34.1 Å². The monoisotopic (exact) mass is 393 g/mol. The Morgan fingerprint density at radius 2 is 2.17 bits per heavy atom. The minimum absolute atomic E-state index is 0.0166. The Labute approximate surface area is 168 Å². The number of amides is 1. The van der Waals surface area contributed by atoms with Gasteiger partial charge in [-0.3, -0.25) is 4.79 Å². The predicted octanol–water partition coefficient (Wildman–Crippen LogP) is 2.67. The third-order valence-electron chi connectivity index (χ3n) is 4.70. The van der Waals surface area contributed by atoms with E-state index >= 15 is 0 Å². The summed E-state index contributed by atoms with van der Waals surface area (Å²) in [4.78, 5) is 21.3. The number of carbonyl (C=O) groups excluding carboxylic acids is 1. The molecule has 1 unspecified atom stereocenters. The van der Waals surface area contributed by atoms with Crippen molar-refractivity contribution in [2.24, 2.45) is 0 Å². The van der Waals surface area contributed by atoms with Crippen LogP contribution in [0.5, 0.6) is 11.5 Å². The molecule has 0 aliphatic carbocycles. The first-order chi connectivity index (χ1) is 14.1. The molecule has 8 heteroatoms. The van der Waals surface area contributed by atoms with Crippen LogP contribution in [0, 0.1) is 6.92 Å². The number of methoxy groups -OCH3 is 1. The summed E-state index contributed by atoms with van der Waals surface area (Å²) in [6, 6.07) is 11.2. The van der Waals surface area contributed by atoms with E-state index in [0.29, 0.717) is 30.4 Å². The van der Waals surface area contributed by atoms with E-state index in [0.717, 1.165) is 30.0 Å². The lowest BCUT2D eigenvalue weighted by atomic mass is 10.1. The van der Waals surface area contributed by atoms with Crippen molar-refractivity contribution in [3.63, 3.8) is 0 Å². The molecule has 1 aliphatic heterocycles. The maximum absolute atomic E-state index is 12.6. The lowest BCUT2D eigenvalue weighted by Gasteiger charge is -2.23. The van der Waals surface area contributed by atoms with Gasteiger partial charge >= 0.3 is 0 Å². The summed E-state index contributed by atoms with van der Waals surface area (Å²) < 4.78 is 12.7. The van der Waals surface area contributed by atoms with E-state index in [2.05, 4.69) is 20.4 Å². The van der Waals surface area contributed by atoms with Crippen LogP contribution in [0.15, 0.2) is 42.6 Å². The number of aromatic nitrogens is 4. The van der Waals surface area contributed by atoms with Crippen molar-refractivity contribution in [2.45, 2.75) is 39.0 Å². The first kappa shape index (κ1) is 19.1. The molecule has 150 valence electrons. The van der Waals surface area contributed by atoms with Crippen LogP contribution in [-0.4, -0.2) is 38.8 Å². The van der Waals surface area contributed by atoms with E-state index in [1.165, 1.54) is 0 Å². The van der Waals surface area contributed by atoms with Gasteiger partial charge in [0.05, 0.1) is 12.7 Å². The lowest BCUT2D eigenvalue weighted by molar-refractivity contribution is 0.0921. The molecule has 0 saturated heterocycles. The lowest BCUT2D eigenvalue weighted by Crippen LogP contribution is -2.41. The summed E-state index contributed by atoms with van der Waals surface area (Å²) >= 11 is 0. The van der Waals surface area contributed by atoms with Crippen molar-refractivity contribution in [2.75, 3.05) is 7.11 Å². The van der Waals surface area contributed by atoms with Crippen LogP contribution < -0.4 is 10.1 Å². The van der Waals surface area contributed by atoms with Crippen molar-refractivity contribution >= 4 is 5.91 Å². The van der Waals surface area contributed by atoms with Crippen molar-refractivity contribution in [3.8, 4) is 11.5 Å². The summed E-state index contributed by atoms with van der Waals surface area (Å²) in [5.41, 5.74) is 1.47. The van der Waals surface area contributed by atoms with Crippen LogP contribution in [-0.2, 0) is 24.3 Å². The Bertz CT molecular complexity index is 1000. The van der Waals surface area contributed by atoms with Gasteiger partial charge in [0.2, 0.25) is 0 Å². The molecular weight excluding hydrogens is 370 g/mol. The van der Waals surface area contributed by atoms with Gasteiger partial charge in [-0.25, -0.2) is 14.6 Å². The molecule has 0 saturated carbocycles. The van der Waals surface area contributed by atoms with Crippen LogP contribution in [0.3, 0.4) is 0 Å². The SMILES string of the molecule is COCc1nc2n(n1)CC(NC(=O)c1ccc(Oc3cccc(C)c3)cn1)CC2. The average molecular weight is 393 g/mol. The van der Waals surface area contributed by atoms with Gasteiger partial charge in [0, 0.05) is 19.6 Å². The van der Waals surface area contributed by atoms with E-state index in [1.807, 2.05) is 35.9 Å². The van der Waals surface area contributed by atoms with Crippen molar-refractivity contribution in [1.29, 1.82) is 0 Å². The maximum atomic E-state index is 12.6. The van der Waals surface area contributed by atoms with Crippen LogP contribution in [0.4, 0.5) is 0 Å². The Hall–Kier alpha value is -3.26. The third-order valence-corrected chi connectivity index (χ3v) is 4.70. The topological polar surface area (TPSA) is 91.2 Å². The number of nitrogens with zero attached hydrogens (tertiary/aromatic N) is 4. The second-order valence-electron chi connectivity index (χ2n) is 7.07. The maximum Gasteiger partial charge on any atom is 0.270 e. The molecule has 1 N–H and O–H groups in total. The van der Waals surface area contributed by atoms with Crippen molar-refractivity contribution in [3.05, 3.63) is 65.5 Å². The molecule has 4 rings (SSSR count). The summed E-state index contributed by atoms with van der Waals surface area (Å²) in [5, 5.41) is 7.46. The molecule has 1 amide bonds. The zero-order chi connectivity index (χ0) is 20.2. The van der Waals surface area contributed by atoms with Gasteiger partial charge in [0.15, 0.2) is 5.82 Å². The van der Waals surface area contributed by atoms with E-state index < -0.39 is 0 Å². The number of hydrogen-bond acceptors (Lipinski definition) is 6. The highest BCUT2D eigenvalue weighted by molar-refractivity contribution is 5.92. The van der Waals surface area contributed by atoms with Gasteiger partial charge < -0.3 is 14.8 Å². The first-order valence-electron chi connectivity index (χ1n) is 9.53. The Balaban J connectivity index is 1.36. The standard InChI is InChI=1S/C21H23N5O3/c1-14-4-3-5-16(10-14)29-17-7-8-18(22-11-17)21(27)23-15-6-9-20-24-19(13-28-2)25-26(20)12-15/h3-5,7-8,10-11,15H,6,9,12-13H2,1-2H3,(H,23,27). The minimum atomic E-state index is -0.210. The van der Waals surface area contributed by atoms with Gasteiger partial charge in [0.25, 0.3) is 5.91 Å². The van der Waals surface area contributed by atoms with E-state index in [9.17, 15) is 4.79 Å². The number of aryl methyl sites for hydroxylation is 2. The number of benzene rings is 1. The molecular formula is C21H23N5O3. The molecule has 0 bridgehead atoms.